The van der Waals surface area contributed by atoms with Crippen molar-refractivity contribution in [2.75, 3.05) is 39.7 Å². The Morgan fingerprint density at radius 1 is 1.29 bits per heavy atom. The second-order valence-electron chi connectivity index (χ2n) is 7.06. The number of anilines is 1. The number of methoxy groups -OCH3 is 2. The molecule has 0 bridgehead atoms. The fourth-order valence-corrected chi connectivity index (χ4v) is 3.63. The van der Waals surface area contributed by atoms with Crippen LogP contribution in [0.3, 0.4) is 0 Å². The van der Waals surface area contributed by atoms with Crippen LogP contribution in [0.1, 0.15) is 12.8 Å². The van der Waals surface area contributed by atoms with E-state index in [-0.39, 0.29) is 11.8 Å². The zero-order valence-electron chi connectivity index (χ0n) is 16.2. The lowest BCUT2D eigenvalue weighted by atomic mass is 9.97. The molecule has 3 aromatic rings. The van der Waals surface area contributed by atoms with Gasteiger partial charge in [0, 0.05) is 18.7 Å². The molecule has 148 valence electrons. The summed E-state index contributed by atoms with van der Waals surface area (Å²) in [6.07, 6.45) is 3.53. The molecule has 0 aliphatic carbocycles. The predicted octanol–water partition coefficient (Wildman–Crippen LogP) is 2.25. The summed E-state index contributed by atoms with van der Waals surface area (Å²) in [6, 6.07) is 3.64. The Labute approximate surface area is 162 Å². The molecule has 28 heavy (non-hydrogen) atoms. The second kappa shape index (κ2) is 7.51. The summed E-state index contributed by atoms with van der Waals surface area (Å²) in [7, 11) is 5.22. The van der Waals surface area contributed by atoms with Crippen LogP contribution in [0, 0.1) is 5.92 Å². The maximum atomic E-state index is 12.7. The van der Waals surface area contributed by atoms with Crippen molar-refractivity contribution >= 4 is 22.6 Å². The molecular formula is C19H24N6O3. The molecular weight excluding hydrogens is 360 g/mol. The van der Waals surface area contributed by atoms with E-state index in [9.17, 15) is 4.79 Å². The van der Waals surface area contributed by atoms with E-state index in [0.29, 0.717) is 28.7 Å². The molecule has 1 fully saturated rings. The summed E-state index contributed by atoms with van der Waals surface area (Å²) in [6.45, 7) is 1.80. The van der Waals surface area contributed by atoms with Gasteiger partial charge in [0.1, 0.15) is 5.69 Å². The smallest absolute Gasteiger partial charge is 0.228 e. The van der Waals surface area contributed by atoms with Crippen LogP contribution in [-0.4, -0.2) is 65.3 Å². The number of rotatable bonds is 5. The van der Waals surface area contributed by atoms with Gasteiger partial charge in [-0.1, -0.05) is 0 Å². The monoisotopic (exact) mass is 384 g/mol. The van der Waals surface area contributed by atoms with Gasteiger partial charge in [-0.25, -0.2) is 4.98 Å². The van der Waals surface area contributed by atoms with E-state index in [4.69, 9.17) is 9.47 Å². The first-order valence-electron chi connectivity index (χ1n) is 9.24. The maximum Gasteiger partial charge on any atom is 0.228 e. The Morgan fingerprint density at radius 3 is 2.82 bits per heavy atom. The summed E-state index contributed by atoms with van der Waals surface area (Å²) < 4.78 is 10.7. The Morgan fingerprint density at radius 2 is 2.07 bits per heavy atom. The first kappa shape index (κ1) is 18.3. The van der Waals surface area contributed by atoms with E-state index in [1.807, 2.05) is 13.1 Å². The normalized spacial score (nSPS) is 17.6. The van der Waals surface area contributed by atoms with Crippen molar-refractivity contribution in [3.8, 4) is 23.0 Å². The lowest BCUT2D eigenvalue weighted by Crippen LogP contribution is -2.38. The number of imidazole rings is 1. The number of nitrogens with zero attached hydrogens (tertiary/aromatic N) is 3. The van der Waals surface area contributed by atoms with E-state index in [2.05, 4.69) is 30.4 Å². The van der Waals surface area contributed by atoms with Gasteiger partial charge in [-0.15, -0.1) is 0 Å². The second-order valence-corrected chi connectivity index (χ2v) is 7.06. The SMILES string of the molecule is COc1cc2nc(-c3[nH]ncc3NC(=O)C3CCCN(C)C3)[nH]c2cc1OC. The van der Waals surface area contributed by atoms with Crippen LogP contribution in [0.15, 0.2) is 18.3 Å². The zero-order valence-corrected chi connectivity index (χ0v) is 16.2. The summed E-state index contributed by atoms with van der Waals surface area (Å²) in [4.78, 5) is 22.7. The number of likely N-dealkylation sites (tertiary alicyclic amines) is 1. The molecule has 1 atom stereocenters. The van der Waals surface area contributed by atoms with E-state index in [0.717, 1.165) is 37.0 Å². The van der Waals surface area contributed by atoms with Gasteiger partial charge in [-0.05, 0) is 26.4 Å². The molecule has 0 spiro atoms. The molecule has 2 aromatic heterocycles. The summed E-state index contributed by atoms with van der Waals surface area (Å²) >= 11 is 0. The summed E-state index contributed by atoms with van der Waals surface area (Å²) in [5.41, 5.74) is 2.77. The minimum absolute atomic E-state index is 0.00801. The molecule has 1 aliphatic rings. The third-order valence-electron chi connectivity index (χ3n) is 5.12. The van der Waals surface area contributed by atoms with E-state index in [1.54, 1.807) is 26.5 Å². The third kappa shape index (κ3) is 3.40. The number of piperidine rings is 1. The Balaban J connectivity index is 1.60. The molecule has 1 aliphatic heterocycles. The average Bonchev–Trinajstić information content (AvgIpc) is 3.32. The highest BCUT2D eigenvalue weighted by Gasteiger charge is 2.25. The number of benzene rings is 1. The van der Waals surface area contributed by atoms with Crippen molar-refractivity contribution in [3.05, 3.63) is 18.3 Å². The molecule has 3 heterocycles. The zero-order chi connectivity index (χ0) is 19.7. The number of amides is 1. The number of carbonyl (C=O) groups is 1. The highest BCUT2D eigenvalue weighted by atomic mass is 16.5. The van der Waals surface area contributed by atoms with Crippen molar-refractivity contribution < 1.29 is 14.3 Å². The number of fused-ring (bicyclic) bond motifs is 1. The van der Waals surface area contributed by atoms with Crippen molar-refractivity contribution in [2.45, 2.75) is 12.8 Å². The molecule has 1 amide bonds. The van der Waals surface area contributed by atoms with Crippen molar-refractivity contribution in [3.63, 3.8) is 0 Å². The first-order chi connectivity index (χ1) is 13.6. The quantitative estimate of drug-likeness (QED) is 0.623. The molecule has 1 aromatic carbocycles. The molecule has 1 saturated heterocycles. The van der Waals surface area contributed by atoms with Crippen LogP contribution in [0.2, 0.25) is 0 Å². The minimum Gasteiger partial charge on any atom is -0.493 e. The first-order valence-corrected chi connectivity index (χ1v) is 9.24. The third-order valence-corrected chi connectivity index (χ3v) is 5.12. The topological polar surface area (TPSA) is 108 Å². The van der Waals surface area contributed by atoms with E-state index < -0.39 is 0 Å². The van der Waals surface area contributed by atoms with Crippen molar-refractivity contribution in [2.24, 2.45) is 5.92 Å². The highest BCUT2D eigenvalue weighted by Crippen LogP contribution is 2.33. The fraction of sp³-hybridized carbons (Fsp3) is 0.421. The number of ether oxygens (including phenoxy) is 2. The molecule has 0 saturated carbocycles. The van der Waals surface area contributed by atoms with Crippen molar-refractivity contribution in [1.82, 2.24) is 25.1 Å². The molecule has 1 unspecified atom stereocenters. The number of H-pyrrole nitrogens is 2. The predicted molar refractivity (Wildman–Crippen MR) is 106 cm³/mol. The lowest BCUT2D eigenvalue weighted by molar-refractivity contribution is -0.121. The van der Waals surface area contributed by atoms with Gasteiger partial charge in [0.2, 0.25) is 5.91 Å². The van der Waals surface area contributed by atoms with Gasteiger partial charge in [0.05, 0.1) is 43.1 Å². The number of nitrogens with one attached hydrogen (secondary N) is 3. The minimum atomic E-state index is -0.0225. The van der Waals surface area contributed by atoms with Gasteiger partial charge < -0.3 is 24.7 Å². The fourth-order valence-electron chi connectivity index (χ4n) is 3.63. The summed E-state index contributed by atoms with van der Waals surface area (Å²) in [5, 5.41) is 10.0. The van der Waals surface area contributed by atoms with Crippen LogP contribution in [0.25, 0.3) is 22.6 Å². The van der Waals surface area contributed by atoms with E-state index in [1.165, 1.54) is 0 Å². The molecule has 9 heteroatoms. The van der Waals surface area contributed by atoms with Crippen LogP contribution in [0.5, 0.6) is 11.5 Å². The van der Waals surface area contributed by atoms with Gasteiger partial charge in [0.15, 0.2) is 17.3 Å². The molecule has 4 rings (SSSR count). The van der Waals surface area contributed by atoms with Gasteiger partial charge in [0.25, 0.3) is 0 Å². The number of hydrogen-bond donors (Lipinski definition) is 3. The van der Waals surface area contributed by atoms with Gasteiger partial charge in [-0.2, -0.15) is 5.10 Å². The number of carbonyl (C=O) groups excluding carboxylic acids is 1. The van der Waals surface area contributed by atoms with Gasteiger partial charge in [-0.3, -0.25) is 9.89 Å². The van der Waals surface area contributed by atoms with Crippen molar-refractivity contribution in [1.29, 1.82) is 0 Å². The molecule has 0 radical (unpaired) electrons. The summed E-state index contributed by atoms with van der Waals surface area (Å²) in [5.74, 6) is 1.79. The molecule has 3 N–H and O–H groups in total. The Bertz CT molecular complexity index is 954. The van der Waals surface area contributed by atoms with Crippen LogP contribution >= 0.6 is 0 Å². The molecule has 9 nitrogen and oxygen atoms in total. The number of aromatic nitrogens is 4. The standard InChI is InChI=1S/C19H24N6O3/c1-25-6-4-5-11(10-25)19(26)23-14-9-20-24-17(14)18-21-12-7-15(27-2)16(28-3)8-13(12)22-18/h7-9,11H,4-6,10H2,1-3H3,(H,20,24)(H,21,22)(H,23,26). The number of aromatic amines is 2. The maximum absolute atomic E-state index is 12.7. The van der Waals surface area contributed by atoms with Crippen LogP contribution in [-0.2, 0) is 4.79 Å². The Kier molecular flexibility index (Phi) is 4.91. The lowest BCUT2D eigenvalue weighted by Gasteiger charge is -2.28. The number of hydrogen-bond acceptors (Lipinski definition) is 6. The average molecular weight is 384 g/mol. The Hall–Kier alpha value is -3.07. The largest absolute Gasteiger partial charge is 0.493 e. The van der Waals surface area contributed by atoms with Gasteiger partial charge >= 0.3 is 0 Å². The van der Waals surface area contributed by atoms with Crippen LogP contribution in [0.4, 0.5) is 5.69 Å². The van der Waals surface area contributed by atoms with E-state index >= 15 is 0 Å². The highest BCUT2D eigenvalue weighted by molar-refractivity contribution is 5.96. The van der Waals surface area contributed by atoms with Crippen LogP contribution < -0.4 is 14.8 Å².